The van der Waals surface area contributed by atoms with Gasteiger partial charge in [-0.1, -0.05) is 12.8 Å². The van der Waals surface area contributed by atoms with Gasteiger partial charge in [0.05, 0.1) is 18.8 Å². The van der Waals surface area contributed by atoms with Gasteiger partial charge >= 0.3 is 0 Å². The maximum absolute atomic E-state index is 9.09. The van der Waals surface area contributed by atoms with Crippen LogP contribution in [0.1, 0.15) is 32.6 Å². The van der Waals surface area contributed by atoms with Gasteiger partial charge in [-0.15, -0.1) is 0 Å². The van der Waals surface area contributed by atoms with E-state index in [0.717, 1.165) is 32.5 Å². The van der Waals surface area contributed by atoms with Gasteiger partial charge in [-0.25, -0.2) is 0 Å². The molecule has 2 N–H and O–H groups in total. The summed E-state index contributed by atoms with van der Waals surface area (Å²) in [6.45, 7) is 5.38. The molecule has 0 aromatic carbocycles. The highest BCUT2D eigenvalue weighted by Gasteiger charge is 2.23. The van der Waals surface area contributed by atoms with E-state index in [2.05, 4.69) is 11.8 Å². The zero-order chi connectivity index (χ0) is 11.8. The Morgan fingerprint density at radius 3 is 2.56 bits per heavy atom. The Labute approximate surface area is 98.2 Å². The molecule has 1 heterocycles. The number of hydrogen-bond donors (Lipinski definition) is 2. The van der Waals surface area contributed by atoms with Gasteiger partial charge in [-0.2, -0.15) is 0 Å². The minimum absolute atomic E-state index is 0.0128. The highest BCUT2D eigenvalue weighted by Crippen LogP contribution is 2.12. The molecule has 1 saturated heterocycles. The van der Waals surface area contributed by atoms with Crippen molar-refractivity contribution in [3.8, 4) is 0 Å². The van der Waals surface area contributed by atoms with Crippen LogP contribution in [0.2, 0.25) is 0 Å². The lowest BCUT2D eigenvalue weighted by molar-refractivity contribution is -0.0952. The number of aliphatic hydroxyl groups excluding tert-OH is 2. The maximum Gasteiger partial charge on any atom is 0.0936 e. The topological polar surface area (TPSA) is 52.9 Å². The molecule has 2 unspecified atom stereocenters. The number of ether oxygens (including phenoxy) is 1. The van der Waals surface area contributed by atoms with Gasteiger partial charge in [-0.05, 0) is 26.3 Å². The first-order valence-corrected chi connectivity index (χ1v) is 6.35. The quantitative estimate of drug-likeness (QED) is 0.631. The molecule has 2 atom stereocenters. The van der Waals surface area contributed by atoms with Crippen molar-refractivity contribution in [2.45, 2.75) is 44.8 Å². The van der Waals surface area contributed by atoms with E-state index in [1.807, 2.05) is 0 Å². The predicted molar refractivity (Wildman–Crippen MR) is 63.4 cm³/mol. The van der Waals surface area contributed by atoms with Crippen LogP contribution in [0, 0.1) is 0 Å². The molecule has 0 amide bonds. The predicted octanol–water partition coefficient (Wildman–Crippen LogP) is 0.621. The minimum atomic E-state index is -0.0128. The van der Waals surface area contributed by atoms with Crippen LogP contribution in [0.25, 0.3) is 0 Å². The molecular weight excluding hydrogens is 206 g/mol. The molecular formula is C12H25NO3. The molecule has 0 saturated carbocycles. The van der Waals surface area contributed by atoms with Crippen molar-refractivity contribution in [2.24, 2.45) is 0 Å². The molecule has 0 spiro atoms. The Hall–Kier alpha value is -0.160. The van der Waals surface area contributed by atoms with E-state index in [9.17, 15) is 0 Å². The first-order chi connectivity index (χ1) is 7.76. The molecule has 0 aromatic heterocycles. The molecule has 1 fully saturated rings. The zero-order valence-electron chi connectivity index (χ0n) is 10.3. The lowest BCUT2D eigenvalue weighted by Gasteiger charge is -2.36. The Balaban J connectivity index is 2.10. The van der Waals surface area contributed by atoms with Crippen molar-refractivity contribution in [3.05, 3.63) is 0 Å². The van der Waals surface area contributed by atoms with Crippen molar-refractivity contribution < 1.29 is 14.9 Å². The summed E-state index contributed by atoms with van der Waals surface area (Å²) in [7, 11) is 0. The Kier molecular flexibility index (Phi) is 6.96. The first kappa shape index (κ1) is 13.9. The number of morpholine rings is 1. The molecule has 1 rings (SSSR count). The summed E-state index contributed by atoms with van der Waals surface area (Å²) in [5, 5.41) is 17.7. The largest absolute Gasteiger partial charge is 0.396 e. The third-order valence-electron chi connectivity index (χ3n) is 2.99. The average Bonchev–Trinajstić information content (AvgIpc) is 2.28. The summed E-state index contributed by atoms with van der Waals surface area (Å²) in [5.74, 6) is 0. The van der Waals surface area contributed by atoms with E-state index < -0.39 is 0 Å². The summed E-state index contributed by atoms with van der Waals surface area (Å²) >= 11 is 0. The van der Waals surface area contributed by atoms with Gasteiger partial charge in [0, 0.05) is 19.7 Å². The van der Waals surface area contributed by atoms with Gasteiger partial charge in [0.2, 0.25) is 0 Å². The van der Waals surface area contributed by atoms with Crippen LogP contribution in [0.15, 0.2) is 0 Å². The molecule has 0 radical (unpaired) electrons. The lowest BCUT2D eigenvalue weighted by atomic mass is 10.1. The monoisotopic (exact) mass is 231 g/mol. The van der Waals surface area contributed by atoms with E-state index in [1.54, 1.807) is 0 Å². The normalized spacial score (nSPS) is 27.2. The van der Waals surface area contributed by atoms with E-state index in [0.29, 0.717) is 6.61 Å². The van der Waals surface area contributed by atoms with Gasteiger partial charge in [0.25, 0.3) is 0 Å². The lowest BCUT2D eigenvalue weighted by Crippen LogP contribution is -2.48. The highest BCUT2D eigenvalue weighted by molar-refractivity contribution is 4.75. The van der Waals surface area contributed by atoms with E-state index in [-0.39, 0.29) is 18.8 Å². The number of rotatable bonds is 7. The van der Waals surface area contributed by atoms with Gasteiger partial charge in [0.1, 0.15) is 0 Å². The highest BCUT2D eigenvalue weighted by atomic mass is 16.5. The minimum Gasteiger partial charge on any atom is -0.396 e. The zero-order valence-corrected chi connectivity index (χ0v) is 10.3. The van der Waals surface area contributed by atoms with Crippen LogP contribution in [0.5, 0.6) is 0 Å². The molecule has 1 aliphatic rings. The van der Waals surface area contributed by atoms with Gasteiger partial charge in [-0.3, -0.25) is 4.90 Å². The third-order valence-corrected chi connectivity index (χ3v) is 2.99. The van der Waals surface area contributed by atoms with Crippen LogP contribution < -0.4 is 0 Å². The van der Waals surface area contributed by atoms with Crippen molar-refractivity contribution in [1.29, 1.82) is 0 Å². The molecule has 0 aliphatic carbocycles. The first-order valence-electron chi connectivity index (χ1n) is 6.35. The van der Waals surface area contributed by atoms with Crippen LogP contribution in [0.3, 0.4) is 0 Å². The second-order valence-electron chi connectivity index (χ2n) is 4.65. The summed E-state index contributed by atoms with van der Waals surface area (Å²) in [6.07, 6.45) is 4.59. The second kappa shape index (κ2) is 8.01. The summed E-state index contributed by atoms with van der Waals surface area (Å²) in [5.41, 5.74) is 0. The molecule has 4 nitrogen and oxygen atoms in total. The molecule has 0 aromatic rings. The van der Waals surface area contributed by atoms with Crippen LogP contribution in [0.4, 0.5) is 0 Å². The third kappa shape index (κ3) is 5.25. The summed E-state index contributed by atoms with van der Waals surface area (Å²) in [4.78, 5) is 2.37. The van der Waals surface area contributed by atoms with Crippen molar-refractivity contribution >= 4 is 0 Å². The van der Waals surface area contributed by atoms with Crippen LogP contribution >= 0.6 is 0 Å². The number of aliphatic hydroxyl groups is 2. The summed E-state index contributed by atoms with van der Waals surface area (Å²) in [6, 6.07) is 0. The molecule has 4 heteroatoms. The number of hydrogen-bond acceptors (Lipinski definition) is 4. The molecule has 96 valence electrons. The summed E-state index contributed by atoms with van der Waals surface area (Å²) < 4.78 is 5.59. The molecule has 16 heavy (non-hydrogen) atoms. The SMILES string of the molecule is CC1CN(CCCCCCO)CC(CO)O1. The van der Waals surface area contributed by atoms with Crippen molar-refractivity contribution in [3.63, 3.8) is 0 Å². The number of unbranched alkanes of at least 4 members (excludes halogenated alkanes) is 3. The second-order valence-corrected chi connectivity index (χ2v) is 4.65. The van der Waals surface area contributed by atoms with Crippen LogP contribution in [-0.4, -0.2) is 60.2 Å². The van der Waals surface area contributed by atoms with E-state index in [4.69, 9.17) is 14.9 Å². The van der Waals surface area contributed by atoms with Crippen LogP contribution in [-0.2, 0) is 4.74 Å². The van der Waals surface area contributed by atoms with Gasteiger partial charge < -0.3 is 14.9 Å². The number of nitrogens with zero attached hydrogens (tertiary/aromatic N) is 1. The van der Waals surface area contributed by atoms with Crippen molar-refractivity contribution in [1.82, 2.24) is 4.90 Å². The molecule has 0 bridgehead atoms. The fourth-order valence-corrected chi connectivity index (χ4v) is 2.22. The van der Waals surface area contributed by atoms with Crippen molar-refractivity contribution in [2.75, 3.05) is 32.8 Å². The molecule has 1 aliphatic heterocycles. The Morgan fingerprint density at radius 2 is 1.88 bits per heavy atom. The van der Waals surface area contributed by atoms with Gasteiger partial charge in [0.15, 0.2) is 0 Å². The average molecular weight is 231 g/mol. The standard InChI is InChI=1S/C12H25NO3/c1-11-8-13(9-12(10-15)16-11)6-4-2-3-5-7-14/h11-12,14-15H,2-10H2,1H3. The maximum atomic E-state index is 9.09. The van der Waals surface area contributed by atoms with E-state index in [1.165, 1.54) is 12.8 Å². The Bertz CT molecular complexity index is 178. The fourth-order valence-electron chi connectivity index (χ4n) is 2.22. The fraction of sp³-hybridized carbons (Fsp3) is 1.00. The smallest absolute Gasteiger partial charge is 0.0936 e. The Morgan fingerprint density at radius 1 is 1.12 bits per heavy atom. The van der Waals surface area contributed by atoms with E-state index >= 15 is 0 Å².